The minimum atomic E-state index is -4.94. The first-order chi connectivity index (χ1) is 17.0. The number of nitrogens with one attached hydrogen (secondary N) is 1. The molecule has 3 aliphatic rings. The van der Waals surface area contributed by atoms with Gasteiger partial charge in [-0.05, 0) is 30.9 Å². The predicted molar refractivity (Wildman–Crippen MR) is 115 cm³/mol. The van der Waals surface area contributed by atoms with E-state index < -0.39 is 52.0 Å². The summed E-state index contributed by atoms with van der Waals surface area (Å²) in [4.78, 5) is 22.1. The Hall–Kier alpha value is -3.64. The van der Waals surface area contributed by atoms with Gasteiger partial charge < -0.3 is 14.6 Å². The topological polar surface area (TPSA) is 97.0 Å². The number of carbonyl (C=O) groups is 1. The lowest BCUT2D eigenvalue weighted by Gasteiger charge is -2.61. The van der Waals surface area contributed by atoms with Gasteiger partial charge in [0.05, 0.1) is 23.6 Å². The number of urea groups is 1. The van der Waals surface area contributed by atoms with Gasteiger partial charge in [0.25, 0.3) is 0 Å². The van der Waals surface area contributed by atoms with Gasteiger partial charge in [-0.2, -0.15) is 13.2 Å². The fourth-order valence-electron chi connectivity index (χ4n) is 5.28. The molecule has 2 saturated heterocycles. The molecule has 1 aliphatic carbocycles. The Morgan fingerprint density at radius 2 is 1.92 bits per heavy atom. The van der Waals surface area contributed by atoms with Gasteiger partial charge in [0.1, 0.15) is 11.4 Å². The molecule has 3 aromatic rings. The maximum Gasteiger partial charge on any atom is 0.417 e. The van der Waals surface area contributed by atoms with Crippen LogP contribution in [-0.4, -0.2) is 37.1 Å². The zero-order chi connectivity index (χ0) is 25.8. The summed E-state index contributed by atoms with van der Waals surface area (Å²) in [6.07, 6.45) is -0.780. The molecule has 13 heteroatoms. The van der Waals surface area contributed by atoms with Gasteiger partial charge in [0.2, 0.25) is 11.8 Å². The number of halogens is 5. The number of fused-ring (bicyclic) bond motifs is 2. The summed E-state index contributed by atoms with van der Waals surface area (Å²) >= 11 is 0. The molecule has 8 nitrogen and oxygen atoms in total. The predicted octanol–water partition coefficient (Wildman–Crippen LogP) is 5.45. The van der Waals surface area contributed by atoms with Crippen LogP contribution in [0.1, 0.15) is 50.0 Å². The van der Waals surface area contributed by atoms with Crippen LogP contribution in [0.25, 0.3) is 11.4 Å². The Kier molecular flexibility index (Phi) is 5.67. The molecule has 2 aliphatic heterocycles. The first-order valence-electron chi connectivity index (χ1n) is 11.3. The maximum absolute atomic E-state index is 14.8. The van der Waals surface area contributed by atoms with Gasteiger partial charge in [-0.25, -0.2) is 23.5 Å². The second-order valence-electron chi connectivity index (χ2n) is 9.13. The summed E-state index contributed by atoms with van der Waals surface area (Å²) in [7, 11) is 0. The third kappa shape index (κ3) is 3.95. The lowest BCUT2D eigenvalue weighted by atomic mass is 9.63. The minimum absolute atomic E-state index is 0.173. The number of amides is 2. The number of alkyl halides is 3. The summed E-state index contributed by atoms with van der Waals surface area (Å²) in [5.41, 5.74) is -3.32. The van der Waals surface area contributed by atoms with Crippen LogP contribution in [0.3, 0.4) is 0 Å². The van der Waals surface area contributed by atoms with Crippen LogP contribution < -0.4 is 5.32 Å². The largest absolute Gasteiger partial charge is 0.423 e. The number of carbonyl (C=O) groups excluding carboxylic acids is 1. The third-order valence-electron chi connectivity index (χ3n) is 6.87. The standard InChI is InChI=1S/C23H21F5N6O2/c1-3-12-4-14-8-22(7-12,20-33-32-11(2)36-20)34(14)21(35)31-18-5-15(19-29-9-13(24)10-30-19)16(6-17(18)25)23(26,27)28/h5-6,9-10,12,14H,3-4,7-8H2,1-2H3,(H,31,35)/t12?,14-,22?/m1/s1. The molecule has 2 bridgehead atoms. The summed E-state index contributed by atoms with van der Waals surface area (Å²) in [5, 5.41) is 10.4. The molecule has 0 radical (unpaired) electrons. The third-order valence-corrected chi connectivity index (χ3v) is 6.87. The molecule has 190 valence electrons. The van der Waals surface area contributed by atoms with E-state index in [1.807, 2.05) is 6.92 Å². The highest BCUT2D eigenvalue weighted by Gasteiger charge is 2.62. The molecule has 6 rings (SSSR count). The Labute approximate surface area is 201 Å². The van der Waals surface area contributed by atoms with Gasteiger partial charge in [0.15, 0.2) is 11.6 Å². The highest BCUT2D eigenvalue weighted by molar-refractivity contribution is 5.92. The second kappa shape index (κ2) is 8.49. The van der Waals surface area contributed by atoms with Gasteiger partial charge >= 0.3 is 12.2 Å². The average Bonchev–Trinajstić information content (AvgIpc) is 3.26. The van der Waals surface area contributed by atoms with Crippen molar-refractivity contribution in [2.45, 2.75) is 57.3 Å². The van der Waals surface area contributed by atoms with E-state index in [-0.39, 0.29) is 18.0 Å². The van der Waals surface area contributed by atoms with Crippen molar-refractivity contribution in [3.8, 4) is 11.4 Å². The summed E-state index contributed by atoms with van der Waals surface area (Å²) in [5.74, 6) is -1.69. The SMILES string of the molecule is CCC1C[C@@H]2CC(c3nnc(C)o3)(C1)N2C(=O)Nc1cc(-c2ncc(F)cn2)c(C(F)(F)F)cc1F. The first kappa shape index (κ1) is 24.1. The van der Waals surface area contributed by atoms with Crippen molar-refractivity contribution in [3.05, 3.63) is 53.5 Å². The van der Waals surface area contributed by atoms with Crippen molar-refractivity contribution in [3.63, 3.8) is 0 Å². The van der Waals surface area contributed by atoms with Gasteiger partial charge in [-0.15, -0.1) is 10.2 Å². The van der Waals surface area contributed by atoms with Crippen molar-refractivity contribution in [2.24, 2.45) is 5.92 Å². The van der Waals surface area contributed by atoms with E-state index in [0.29, 0.717) is 37.0 Å². The molecule has 1 N–H and O–H groups in total. The molecular weight excluding hydrogens is 487 g/mol. The minimum Gasteiger partial charge on any atom is -0.423 e. The summed E-state index contributed by atoms with van der Waals surface area (Å²) < 4.78 is 74.6. The number of rotatable bonds is 4. The highest BCUT2D eigenvalue weighted by atomic mass is 19.4. The Balaban J connectivity index is 1.50. The van der Waals surface area contributed by atoms with Gasteiger partial charge in [0, 0.05) is 24.9 Å². The maximum atomic E-state index is 14.8. The van der Waals surface area contributed by atoms with Crippen molar-refractivity contribution < 1.29 is 31.2 Å². The molecule has 2 unspecified atom stereocenters. The van der Waals surface area contributed by atoms with E-state index in [1.165, 1.54) is 4.90 Å². The smallest absolute Gasteiger partial charge is 0.417 e. The normalized spacial score (nSPS) is 23.4. The zero-order valence-corrected chi connectivity index (χ0v) is 19.2. The lowest BCUT2D eigenvalue weighted by Crippen LogP contribution is -2.70. The Morgan fingerprint density at radius 3 is 2.53 bits per heavy atom. The average molecular weight is 508 g/mol. The van der Waals surface area contributed by atoms with Crippen molar-refractivity contribution in [1.29, 1.82) is 0 Å². The van der Waals surface area contributed by atoms with Crippen LogP contribution in [0.5, 0.6) is 0 Å². The Morgan fingerprint density at radius 1 is 1.19 bits per heavy atom. The zero-order valence-electron chi connectivity index (χ0n) is 19.2. The number of nitrogens with zero attached hydrogens (tertiary/aromatic N) is 5. The van der Waals surface area contributed by atoms with E-state index in [0.717, 1.165) is 18.9 Å². The number of anilines is 1. The lowest BCUT2D eigenvalue weighted by molar-refractivity contribution is -0.137. The monoisotopic (exact) mass is 508 g/mol. The number of hydrogen-bond donors (Lipinski definition) is 1. The number of hydrogen-bond acceptors (Lipinski definition) is 6. The molecule has 1 saturated carbocycles. The molecule has 4 heterocycles. The molecule has 2 aromatic heterocycles. The molecule has 0 spiro atoms. The van der Waals surface area contributed by atoms with Crippen LogP contribution in [0, 0.1) is 24.5 Å². The van der Waals surface area contributed by atoms with E-state index in [4.69, 9.17) is 4.42 Å². The fraction of sp³-hybridized carbons (Fsp3) is 0.435. The van der Waals surface area contributed by atoms with Crippen LogP contribution in [0.15, 0.2) is 28.9 Å². The van der Waals surface area contributed by atoms with E-state index >= 15 is 0 Å². The molecule has 36 heavy (non-hydrogen) atoms. The van der Waals surface area contributed by atoms with E-state index in [9.17, 15) is 26.7 Å². The van der Waals surface area contributed by atoms with Gasteiger partial charge in [-0.3, -0.25) is 0 Å². The fourth-order valence-corrected chi connectivity index (χ4v) is 5.28. The molecular formula is C23H21F5N6O2. The van der Waals surface area contributed by atoms with Crippen LogP contribution in [0.4, 0.5) is 32.4 Å². The van der Waals surface area contributed by atoms with Crippen molar-refractivity contribution >= 4 is 11.7 Å². The van der Waals surface area contributed by atoms with Gasteiger partial charge in [-0.1, -0.05) is 13.3 Å². The first-order valence-corrected chi connectivity index (χ1v) is 11.3. The molecule has 1 aromatic carbocycles. The second-order valence-corrected chi connectivity index (χ2v) is 9.13. The number of aromatic nitrogens is 4. The number of piperidine rings is 1. The Bertz CT molecular complexity index is 1310. The quantitative estimate of drug-likeness (QED) is 0.471. The van der Waals surface area contributed by atoms with Crippen LogP contribution in [0.2, 0.25) is 0 Å². The molecule has 2 amide bonds. The molecule has 3 fully saturated rings. The van der Waals surface area contributed by atoms with Crippen LogP contribution >= 0.6 is 0 Å². The summed E-state index contributed by atoms with van der Waals surface area (Å²) in [6, 6.07) is 0.186. The highest BCUT2D eigenvalue weighted by Crippen LogP contribution is 2.56. The van der Waals surface area contributed by atoms with E-state index in [1.54, 1.807) is 6.92 Å². The number of aryl methyl sites for hydroxylation is 1. The number of benzene rings is 1. The van der Waals surface area contributed by atoms with Crippen LogP contribution in [-0.2, 0) is 11.7 Å². The van der Waals surface area contributed by atoms with Crippen molar-refractivity contribution in [1.82, 2.24) is 25.1 Å². The van der Waals surface area contributed by atoms with E-state index in [2.05, 4.69) is 25.5 Å². The summed E-state index contributed by atoms with van der Waals surface area (Å²) in [6.45, 7) is 3.67. The van der Waals surface area contributed by atoms with Crippen molar-refractivity contribution in [2.75, 3.05) is 5.32 Å². The molecule has 3 atom stereocenters.